The monoisotopic (exact) mass is 210 g/mol. The summed E-state index contributed by atoms with van der Waals surface area (Å²) in [6, 6.07) is 0. The van der Waals surface area contributed by atoms with Gasteiger partial charge in [0.1, 0.15) is 0 Å². The molecule has 0 aromatic carbocycles. The van der Waals surface area contributed by atoms with Crippen molar-refractivity contribution in [3.63, 3.8) is 0 Å². The molecule has 2 amide bonds. The van der Waals surface area contributed by atoms with Crippen LogP contribution in [0.4, 0.5) is 0 Å². The molecule has 84 valence electrons. The fourth-order valence-corrected chi connectivity index (χ4v) is 1.57. The van der Waals surface area contributed by atoms with Crippen LogP contribution in [-0.4, -0.2) is 36.3 Å². The Kier molecular flexibility index (Phi) is 4.34. The van der Waals surface area contributed by atoms with Gasteiger partial charge in [0.05, 0.1) is 0 Å². The SMILES string of the molecule is C=C1CCN(CC)C1=O.O=C1CCCN1. The molecular weight excluding hydrogens is 192 g/mol. The Balaban J connectivity index is 0.000000162. The first-order valence-corrected chi connectivity index (χ1v) is 5.39. The van der Waals surface area contributed by atoms with E-state index in [9.17, 15) is 9.59 Å². The van der Waals surface area contributed by atoms with Crippen LogP contribution in [0.1, 0.15) is 26.2 Å². The zero-order chi connectivity index (χ0) is 11.3. The van der Waals surface area contributed by atoms with Crippen molar-refractivity contribution in [2.45, 2.75) is 26.2 Å². The molecular formula is C11H18N2O2. The predicted molar refractivity (Wildman–Crippen MR) is 58.3 cm³/mol. The molecule has 2 rings (SSSR count). The van der Waals surface area contributed by atoms with Crippen LogP contribution in [0.15, 0.2) is 12.2 Å². The highest BCUT2D eigenvalue weighted by Crippen LogP contribution is 2.13. The quantitative estimate of drug-likeness (QED) is 0.647. The van der Waals surface area contributed by atoms with E-state index in [1.807, 2.05) is 11.8 Å². The Morgan fingerprint density at radius 1 is 1.40 bits per heavy atom. The van der Waals surface area contributed by atoms with Crippen molar-refractivity contribution in [2.75, 3.05) is 19.6 Å². The maximum atomic E-state index is 11.0. The molecule has 0 unspecified atom stereocenters. The largest absolute Gasteiger partial charge is 0.356 e. The summed E-state index contributed by atoms with van der Waals surface area (Å²) in [6.45, 7) is 8.20. The Morgan fingerprint density at radius 2 is 2.13 bits per heavy atom. The molecule has 2 heterocycles. The molecule has 0 aromatic heterocycles. The van der Waals surface area contributed by atoms with Crippen LogP contribution >= 0.6 is 0 Å². The van der Waals surface area contributed by atoms with E-state index in [2.05, 4.69) is 11.9 Å². The second kappa shape index (κ2) is 5.53. The first-order chi connectivity index (χ1) is 7.15. The van der Waals surface area contributed by atoms with Gasteiger partial charge in [0.2, 0.25) is 11.8 Å². The molecule has 1 N–H and O–H groups in total. The van der Waals surface area contributed by atoms with Gasteiger partial charge in [-0.05, 0) is 19.8 Å². The zero-order valence-corrected chi connectivity index (χ0v) is 9.21. The topological polar surface area (TPSA) is 49.4 Å². The van der Waals surface area contributed by atoms with Crippen molar-refractivity contribution in [2.24, 2.45) is 0 Å². The first kappa shape index (κ1) is 11.8. The second-order valence-electron chi connectivity index (χ2n) is 3.69. The van der Waals surface area contributed by atoms with E-state index in [0.29, 0.717) is 0 Å². The minimum Gasteiger partial charge on any atom is -0.356 e. The van der Waals surface area contributed by atoms with Crippen molar-refractivity contribution in [1.29, 1.82) is 0 Å². The summed E-state index contributed by atoms with van der Waals surface area (Å²) >= 11 is 0. The van der Waals surface area contributed by atoms with Gasteiger partial charge in [-0.2, -0.15) is 0 Å². The van der Waals surface area contributed by atoms with Crippen LogP contribution < -0.4 is 5.32 Å². The third-order valence-electron chi connectivity index (χ3n) is 2.56. The Bertz CT molecular complexity index is 266. The Hall–Kier alpha value is -1.32. The van der Waals surface area contributed by atoms with Crippen LogP contribution in [0.3, 0.4) is 0 Å². The van der Waals surface area contributed by atoms with Crippen molar-refractivity contribution in [3.05, 3.63) is 12.2 Å². The molecule has 15 heavy (non-hydrogen) atoms. The number of nitrogens with zero attached hydrogens (tertiary/aromatic N) is 1. The molecule has 2 fully saturated rings. The first-order valence-electron chi connectivity index (χ1n) is 5.39. The summed E-state index contributed by atoms with van der Waals surface area (Å²) in [5.74, 6) is 0.340. The van der Waals surface area contributed by atoms with Crippen molar-refractivity contribution < 1.29 is 9.59 Å². The maximum Gasteiger partial charge on any atom is 0.249 e. The van der Waals surface area contributed by atoms with Gasteiger partial charge in [-0.25, -0.2) is 0 Å². The molecule has 0 aromatic rings. The molecule has 0 radical (unpaired) electrons. The third-order valence-corrected chi connectivity index (χ3v) is 2.56. The molecule has 0 saturated carbocycles. The van der Waals surface area contributed by atoms with E-state index in [1.54, 1.807) is 0 Å². The van der Waals surface area contributed by atoms with Crippen LogP contribution in [0, 0.1) is 0 Å². The van der Waals surface area contributed by atoms with Gasteiger partial charge in [0.25, 0.3) is 0 Å². The molecule has 0 bridgehead atoms. The lowest BCUT2D eigenvalue weighted by Gasteiger charge is -2.09. The van der Waals surface area contributed by atoms with Gasteiger partial charge in [-0.3, -0.25) is 9.59 Å². The van der Waals surface area contributed by atoms with Gasteiger partial charge in [0, 0.05) is 31.6 Å². The summed E-state index contributed by atoms with van der Waals surface area (Å²) in [5, 5.41) is 2.68. The number of amides is 2. The predicted octanol–water partition coefficient (Wildman–Crippen LogP) is 0.691. The Labute approximate surface area is 90.3 Å². The van der Waals surface area contributed by atoms with E-state index in [0.717, 1.165) is 44.5 Å². The lowest BCUT2D eigenvalue weighted by atomic mass is 10.3. The minimum absolute atomic E-state index is 0.137. The normalized spacial score (nSPS) is 20.1. The molecule has 4 nitrogen and oxygen atoms in total. The molecule has 0 atom stereocenters. The standard InChI is InChI=1S/C7H11NO.C4H7NO/c1-3-8-5-4-6(2)7(8)9;6-4-2-1-3-5-4/h2-5H2,1H3;1-3H2,(H,5,6). The fraction of sp³-hybridized carbons (Fsp3) is 0.636. The highest BCUT2D eigenvalue weighted by atomic mass is 16.2. The van der Waals surface area contributed by atoms with Crippen LogP contribution in [-0.2, 0) is 9.59 Å². The zero-order valence-electron chi connectivity index (χ0n) is 9.21. The third kappa shape index (κ3) is 3.38. The fourth-order valence-electron chi connectivity index (χ4n) is 1.57. The number of hydrogen-bond donors (Lipinski definition) is 1. The Morgan fingerprint density at radius 3 is 2.33 bits per heavy atom. The summed E-state index contributed by atoms with van der Waals surface area (Å²) in [4.78, 5) is 22.9. The lowest BCUT2D eigenvalue weighted by Crippen LogP contribution is -2.24. The summed E-state index contributed by atoms with van der Waals surface area (Å²) in [5.41, 5.74) is 0.761. The summed E-state index contributed by atoms with van der Waals surface area (Å²) < 4.78 is 0. The number of likely N-dealkylation sites (N-methyl/N-ethyl adjacent to an activating group) is 1. The van der Waals surface area contributed by atoms with Crippen LogP contribution in [0.25, 0.3) is 0 Å². The van der Waals surface area contributed by atoms with Crippen LogP contribution in [0.5, 0.6) is 0 Å². The van der Waals surface area contributed by atoms with Gasteiger partial charge in [0.15, 0.2) is 0 Å². The van der Waals surface area contributed by atoms with E-state index >= 15 is 0 Å². The smallest absolute Gasteiger partial charge is 0.249 e. The average Bonchev–Trinajstić information content (AvgIpc) is 2.80. The van der Waals surface area contributed by atoms with Gasteiger partial charge in [-0.15, -0.1) is 0 Å². The highest BCUT2D eigenvalue weighted by Gasteiger charge is 2.21. The molecule has 4 heteroatoms. The number of hydrogen-bond acceptors (Lipinski definition) is 2. The molecule has 2 aliphatic rings. The second-order valence-corrected chi connectivity index (χ2v) is 3.69. The van der Waals surface area contributed by atoms with Gasteiger partial charge in [-0.1, -0.05) is 6.58 Å². The number of carbonyl (C=O) groups excluding carboxylic acids is 2. The van der Waals surface area contributed by atoms with Gasteiger partial charge < -0.3 is 10.2 Å². The maximum absolute atomic E-state index is 11.0. The van der Waals surface area contributed by atoms with Gasteiger partial charge >= 0.3 is 0 Å². The lowest BCUT2D eigenvalue weighted by molar-refractivity contribution is -0.124. The molecule has 2 aliphatic heterocycles. The number of rotatable bonds is 1. The average molecular weight is 210 g/mol. The highest BCUT2D eigenvalue weighted by molar-refractivity contribution is 5.94. The summed E-state index contributed by atoms with van der Waals surface area (Å²) in [7, 11) is 0. The molecule has 0 aliphatic carbocycles. The van der Waals surface area contributed by atoms with E-state index in [4.69, 9.17) is 0 Å². The van der Waals surface area contributed by atoms with E-state index < -0.39 is 0 Å². The van der Waals surface area contributed by atoms with E-state index in [-0.39, 0.29) is 11.8 Å². The van der Waals surface area contributed by atoms with Crippen LogP contribution in [0.2, 0.25) is 0 Å². The van der Waals surface area contributed by atoms with Crippen molar-refractivity contribution >= 4 is 11.8 Å². The minimum atomic E-state index is 0.137. The number of nitrogens with one attached hydrogen (secondary N) is 1. The van der Waals surface area contributed by atoms with Crippen molar-refractivity contribution in [3.8, 4) is 0 Å². The molecule has 2 saturated heterocycles. The van der Waals surface area contributed by atoms with E-state index in [1.165, 1.54) is 0 Å². The number of carbonyl (C=O) groups is 2. The number of likely N-dealkylation sites (tertiary alicyclic amines) is 1. The molecule has 0 spiro atoms. The summed E-state index contributed by atoms with van der Waals surface area (Å²) in [6.07, 6.45) is 2.62. The van der Waals surface area contributed by atoms with Crippen molar-refractivity contribution in [1.82, 2.24) is 10.2 Å².